The minimum atomic E-state index is -0.208. The predicted octanol–water partition coefficient (Wildman–Crippen LogP) is 4.54. The minimum Gasteiger partial charge on any atom is -0.485 e. The summed E-state index contributed by atoms with van der Waals surface area (Å²) in [7, 11) is 0. The quantitative estimate of drug-likeness (QED) is 0.646. The van der Waals surface area contributed by atoms with Gasteiger partial charge in [0.2, 0.25) is 0 Å². The van der Waals surface area contributed by atoms with Crippen molar-refractivity contribution in [1.82, 2.24) is 15.2 Å². The molecule has 2 aromatic rings. The van der Waals surface area contributed by atoms with Gasteiger partial charge in [0.15, 0.2) is 11.6 Å². The number of aromatic nitrogens is 1. The smallest absolute Gasteiger partial charge is 0.253 e. The highest BCUT2D eigenvalue weighted by Gasteiger charge is 2.24. The molecule has 2 heterocycles. The maximum atomic E-state index is 12.6. The summed E-state index contributed by atoms with van der Waals surface area (Å²) in [6, 6.07) is 7.92. The summed E-state index contributed by atoms with van der Waals surface area (Å²) >= 11 is 12.4. The number of nitrogens with zero attached hydrogens (tertiary/aromatic N) is 2. The van der Waals surface area contributed by atoms with Crippen LogP contribution in [-0.2, 0) is 6.61 Å². The van der Waals surface area contributed by atoms with Crippen molar-refractivity contribution < 1.29 is 9.53 Å². The van der Waals surface area contributed by atoms with E-state index in [2.05, 4.69) is 29.0 Å². The lowest BCUT2D eigenvalue weighted by Crippen LogP contribution is -2.47. The molecule has 1 aliphatic rings. The number of nitrogens with two attached hydrogens (primary N) is 1. The highest BCUT2D eigenvalue weighted by atomic mass is 35.5. The molecule has 1 aromatic carbocycles. The highest BCUT2D eigenvalue weighted by molar-refractivity contribution is 6.35. The summed E-state index contributed by atoms with van der Waals surface area (Å²) in [4.78, 5) is 19.1. The Balaban J connectivity index is 1.59. The van der Waals surface area contributed by atoms with Gasteiger partial charge in [-0.05, 0) is 44.9 Å². The van der Waals surface area contributed by atoms with Crippen molar-refractivity contribution in [3.8, 4) is 5.75 Å². The molecule has 1 amide bonds. The topological polar surface area (TPSA) is 80.5 Å². The fraction of sp³-hybridized carbons (Fsp3) is 0.455. The van der Waals surface area contributed by atoms with Crippen molar-refractivity contribution in [3.05, 3.63) is 51.6 Å². The summed E-state index contributed by atoms with van der Waals surface area (Å²) in [6.07, 6.45) is 5.13. The summed E-state index contributed by atoms with van der Waals surface area (Å²) < 4.78 is 5.76. The molecule has 1 aliphatic heterocycles. The van der Waals surface area contributed by atoms with Crippen molar-refractivity contribution in [2.75, 3.05) is 18.8 Å². The molecule has 6 nitrogen and oxygen atoms in total. The number of likely N-dealkylation sites (tertiary alicyclic amines) is 1. The maximum Gasteiger partial charge on any atom is 0.253 e. The third kappa shape index (κ3) is 5.56. The molecule has 0 unspecified atom stereocenters. The van der Waals surface area contributed by atoms with Crippen LogP contribution in [0.2, 0.25) is 10.0 Å². The number of ether oxygens (including phenoxy) is 1. The van der Waals surface area contributed by atoms with Crippen LogP contribution in [0.3, 0.4) is 0 Å². The van der Waals surface area contributed by atoms with E-state index in [1.165, 1.54) is 25.5 Å². The van der Waals surface area contributed by atoms with Gasteiger partial charge >= 0.3 is 0 Å². The van der Waals surface area contributed by atoms with E-state index in [1.54, 1.807) is 24.3 Å². The molecule has 8 heteroatoms. The summed E-state index contributed by atoms with van der Waals surface area (Å²) in [5, 5.41) is 3.97. The molecule has 1 saturated heterocycles. The third-order valence-corrected chi connectivity index (χ3v) is 6.32. The van der Waals surface area contributed by atoms with Crippen LogP contribution < -0.4 is 15.8 Å². The maximum absolute atomic E-state index is 12.6. The molecule has 3 N–H and O–H groups in total. The number of pyridine rings is 1. The van der Waals surface area contributed by atoms with Crippen LogP contribution in [0.1, 0.15) is 49.0 Å². The number of benzene rings is 1. The monoisotopic (exact) mass is 450 g/mol. The molecule has 3 rings (SSSR count). The second-order valence-corrected chi connectivity index (χ2v) is 8.53. The number of amides is 1. The zero-order chi connectivity index (χ0) is 21.7. The SMILES string of the molecule is C[C@@H]1CCC[C@@H](C)N1CCNC(=O)c1cnc(N)c(OCc2c(Cl)cccc2Cl)c1. The predicted molar refractivity (Wildman–Crippen MR) is 121 cm³/mol. The normalized spacial score (nSPS) is 19.5. The average Bonchev–Trinajstić information content (AvgIpc) is 2.71. The zero-order valence-electron chi connectivity index (χ0n) is 17.3. The molecule has 30 heavy (non-hydrogen) atoms. The largest absolute Gasteiger partial charge is 0.485 e. The lowest BCUT2D eigenvalue weighted by atomic mass is 9.98. The molecule has 0 aliphatic carbocycles. The van der Waals surface area contributed by atoms with Gasteiger partial charge in [-0.15, -0.1) is 0 Å². The number of nitrogens with one attached hydrogen (secondary N) is 1. The first-order valence-electron chi connectivity index (χ1n) is 10.2. The van der Waals surface area contributed by atoms with E-state index < -0.39 is 0 Å². The number of carbonyl (C=O) groups excluding carboxylic acids is 1. The van der Waals surface area contributed by atoms with Crippen LogP contribution in [0.4, 0.5) is 5.82 Å². The Morgan fingerprint density at radius 3 is 2.60 bits per heavy atom. The molecular weight excluding hydrogens is 423 g/mol. The number of hydrogen-bond acceptors (Lipinski definition) is 5. The zero-order valence-corrected chi connectivity index (χ0v) is 18.8. The van der Waals surface area contributed by atoms with E-state index in [9.17, 15) is 4.79 Å². The number of halogens is 2. The highest BCUT2D eigenvalue weighted by Crippen LogP contribution is 2.28. The van der Waals surface area contributed by atoms with Crippen molar-refractivity contribution in [3.63, 3.8) is 0 Å². The van der Waals surface area contributed by atoms with E-state index in [1.807, 2.05) is 0 Å². The number of anilines is 1. The van der Waals surface area contributed by atoms with Crippen molar-refractivity contribution in [2.45, 2.75) is 51.8 Å². The number of carbonyl (C=O) groups is 1. The van der Waals surface area contributed by atoms with Gasteiger partial charge in [-0.1, -0.05) is 35.7 Å². The standard InChI is InChI=1S/C22H28Cl2N4O2/c1-14-5-3-6-15(2)28(14)10-9-26-22(29)16-11-20(21(25)27-12-16)30-13-17-18(23)7-4-8-19(17)24/h4,7-8,11-12,14-15H,3,5-6,9-10,13H2,1-2H3,(H2,25,27)(H,26,29)/t14-,15-/m1/s1. The number of piperidine rings is 1. The number of hydrogen-bond donors (Lipinski definition) is 2. The molecule has 0 saturated carbocycles. The van der Waals surface area contributed by atoms with E-state index in [0.717, 1.165) is 6.54 Å². The third-order valence-electron chi connectivity index (χ3n) is 5.61. The van der Waals surface area contributed by atoms with E-state index >= 15 is 0 Å². The first kappa shape index (κ1) is 22.7. The van der Waals surface area contributed by atoms with Gasteiger partial charge < -0.3 is 15.8 Å². The fourth-order valence-electron chi connectivity index (χ4n) is 3.83. The summed E-state index contributed by atoms with van der Waals surface area (Å²) in [5.41, 5.74) is 6.96. The van der Waals surface area contributed by atoms with Gasteiger partial charge in [-0.3, -0.25) is 9.69 Å². The van der Waals surface area contributed by atoms with Crippen LogP contribution in [0.15, 0.2) is 30.5 Å². The fourth-order valence-corrected chi connectivity index (χ4v) is 4.34. The Morgan fingerprint density at radius 2 is 1.93 bits per heavy atom. The first-order valence-corrected chi connectivity index (χ1v) is 11.0. The van der Waals surface area contributed by atoms with Crippen LogP contribution in [0.5, 0.6) is 5.75 Å². The Morgan fingerprint density at radius 1 is 1.27 bits per heavy atom. The second kappa shape index (κ2) is 10.3. The Kier molecular flexibility index (Phi) is 7.81. The Labute approximate surface area is 187 Å². The molecule has 0 radical (unpaired) electrons. The van der Waals surface area contributed by atoms with Crippen LogP contribution in [0.25, 0.3) is 0 Å². The average molecular weight is 451 g/mol. The second-order valence-electron chi connectivity index (χ2n) is 7.72. The van der Waals surface area contributed by atoms with Crippen molar-refractivity contribution in [1.29, 1.82) is 0 Å². The van der Waals surface area contributed by atoms with Crippen molar-refractivity contribution in [2.24, 2.45) is 0 Å². The molecule has 162 valence electrons. The van der Waals surface area contributed by atoms with E-state index in [0.29, 0.717) is 45.6 Å². The number of nitrogen functional groups attached to an aromatic ring is 1. The molecule has 0 spiro atoms. The molecule has 1 fully saturated rings. The van der Waals surface area contributed by atoms with E-state index in [4.69, 9.17) is 33.7 Å². The van der Waals surface area contributed by atoms with E-state index in [-0.39, 0.29) is 18.3 Å². The Hall–Kier alpha value is -2.02. The van der Waals surface area contributed by atoms with Gasteiger partial charge in [0, 0.05) is 47.0 Å². The molecular formula is C22H28Cl2N4O2. The van der Waals surface area contributed by atoms with Gasteiger partial charge in [0.05, 0.1) is 5.56 Å². The molecule has 2 atom stereocenters. The summed E-state index contributed by atoms with van der Waals surface area (Å²) in [6.45, 7) is 6.01. The van der Waals surface area contributed by atoms with Gasteiger partial charge in [0.25, 0.3) is 5.91 Å². The lowest BCUT2D eigenvalue weighted by Gasteiger charge is -2.39. The van der Waals surface area contributed by atoms with Gasteiger partial charge in [-0.25, -0.2) is 4.98 Å². The first-order chi connectivity index (χ1) is 14.4. The lowest BCUT2D eigenvalue weighted by molar-refractivity contribution is 0.0888. The Bertz CT molecular complexity index is 863. The molecule has 0 bridgehead atoms. The van der Waals surface area contributed by atoms with Crippen molar-refractivity contribution >= 4 is 34.9 Å². The van der Waals surface area contributed by atoms with Crippen LogP contribution in [-0.4, -0.2) is 41.0 Å². The summed E-state index contributed by atoms with van der Waals surface area (Å²) in [5.74, 6) is 0.308. The van der Waals surface area contributed by atoms with Crippen LogP contribution in [0, 0.1) is 0 Å². The minimum absolute atomic E-state index is 0.125. The van der Waals surface area contributed by atoms with Gasteiger partial charge in [0.1, 0.15) is 6.61 Å². The van der Waals surface area contributed by atoms with Crippen LogP contribution >= 0.6 is 23.2 Å². The van der Waals surface area contributed by atoms with Gasteiger partial charge in [-0.2, -0.15) is 0 Å². The number of rotatable bonds is 7. The molecule has 1 aromatic heterocycles.